The van der Waals surface area contributed by atoms with Crippen LogP contribution in [-0.4, -0.2) is 69.1 Å². The molecule has 0 unspecified atom stereocenters. The molecule has 0 aromatic heterocycles. The summed E-state index contributed by atoms with van der Waals surface area (Å²) in [5.74, 6) is 2.75. The molecule has 3 heterocycles. The van der Waals surface area contributed by atoms with Crippen LogP contribution in [0.3, 0.4) is 0 Å². The van der Waals surface area contributed by atoms with Crippen LogP contribution < -0.4 is 19.7 Å². The molecule has 7 nitrogen and oxygen atoms in total. The average molecular weight is 458 g/mol. The van der Waals surface area contributed by atoms with Crippen molar-refractivity contribution in [2.45, 2.75) is 69.9 Å². The lowest BCUT2D eigenvalue weighted by Crippen LogP contribution is -2.47. The van der Waals surface area contributed by atoms with Gasteiger partial charge in [0.05, 0.1) is 18.2 Å². The molecule has 0 spiro atoms. The fourth-order valence-corrected chi connectivity index (χ4v) is 5.80. The molecule has 0 radical (unpaired) electrons. The van der Waals surface area contributed by atoms with Crippen molar-refractivity contribution < 1.29 is 19.0 Å². The number of hydrogen-bond donors (Lipinski definition) is 1. The van der Waals surface area contributed by atoms with E-state index in [9.17, 15) is 4.79 Å². The molecule has 5 rings (SSSR count). The molecule has 0 bridgehead atoms. The summed E-state index contributed by atoms with van der Waals surface area (Å²) in [5.41, 5.74) is 1.17. The molecular formula is C26H39N3O4. The molecule has 3 fully saturated rings. The van der Waals surface area contributed by atoms with Gasteiger partial charge in [0.25, 0.3) is 0 Å². The van der Waals surface area contributed by atoms with Crippen LogP contribution in [0.25, 0.3) is 0 Å². The van der Waals surface area contributed by atoms with Crippen LogP contribution in [0.2, 0.25) is 0 Å². The van der Waals surface area contributed by atoms with E-state index in [1.807, 2.05) is 6.07 Å². The van der Waals surface area contributed by atoms with Crippen LogP contribution in [-0.2, 0) is 9.53 Å². The van der Waals surface area contributed by atoms with E-state index in [4.69, 9.17) is 14.2 Å². The zero-order valence-corrected chi connectivity index (χ0v) is 19.8. The number of carbonyl (C=O) groups excluding carboxylic acids is 1. The molecule has 182 valence electrons. The normalized spacial score (nSPS) is 28.0. The van der Waals surface area contributed by atoms with Crippen LogP contribution in [0.4, 0.5) is 5.69 Å². The third-order valence-corrected chi connectivity index (χ3v) is 7.84. The molecule has 3 aliphatic heterocycles. The standard InChI is InChI=1S/C26H39N3O4/c30-25(18-22-4-1-2-17-31-22)27-21-9-7-20(8-10-21)11-12-28-13-15-29(16-14-28)23-5-3-6-24-26(23)33-19-32-24/h3,5-6,20-22H,1-2,4,7-19H2,(H,27,30)/t20-,21-,22-/m0/s1. The Labute approximate surface area is 197 Å². The van der Waals surface area contributed by atoms with Crippen molar-refractivity contribution in [3.63, 3.8) is 0 Å². The number of nitrogens with zero attached hydrogens (tertiary/aromatic N) is 2. The fraction of sp³-hybridized carbons (Fsp3) is 0.731. The number of anilines is 1. The lowest BCUT2D eigenvalue weighted by atomic mass is 9.84. The highest BCUT2D eigenvalue weighted by molar-refractivity contribution is 5.76. The van der Waals surface area contributed by atoms with Crippen molar-refractivity contribution in [2.24, 2.45) is 5.92 Å². The Morgan fingerprint density at radius 3 is 2.64 bits per heavy atom. The highest BCUT2D eigenvalue weighted by Gasteiger charge is 2.27. The van der Waals surface area contributed by atoms with E-state index < -0.39 is 0 Å². The second-order valence-corrected chi connectivity index (χ2v) is 10.1. The van der Waals surface area contributed by atoms with Crippen LogP contribution in [0.5, 0.6) is 11.5 Å². The van der Waals surface area contributed by atoms with Crippen molar-refractivity contribution in [3.8, 4) is 11.5 Å². The fourth-order valence-electron chi connectivity index (χ4n) is 5.80. The van der Waals surface area contributed by atoms with Crippen molar-refractivity contribution in [1.82, 2.24) is 10.2 Å². The van der Waals surface area contributed by atoms with E-state index in [0.717, 1.165) is 75.9 Å². The van der Waals surface area contributed by atoms with Crippen molar-refractivity contribution in [3.05, 3.63) is 18.2 Å². The number of para-hydroxylation sites is 1. The molecular weight excluding hydrogens is 418 g/mol. The highest BCUT2D eigenvalue weighted by Crippen LogP contribution is 2.41. The van der Waals surface area contributed by atoms with Gasteiger partial charge >= 0.3 is 0 Å². The number of amides is 1. The first kappa shape index (κ1) is 22.8. The number of benzene rings is 1. The lowest BCUT2D eigenvalue weighted by Gasteiger charge is -2.37. The summed E-state index contributed by atoms with van der Waals surface area (Å²) in [5, 5.41) is 3.28. The molecule has 2 saturated heterocycles. The van der Waals surface area contributed by atoms with E-state index in [1.165, 1.54) is 37.9 Å². The van der Waals surface area contributed by atoms with E-state index in [2.05, 4.69) is 27.2 Å². The summed E-state index contributed by atoms with van der Waals surface area (Å²) in [6.45, 7) is 6.58. The van der Waals surface area contributed by atoms with Crippen molar-refractivity contribution in [1.29, 1.82) is 0 Å². The third kappa shape index (κ3) is 5.93. The molecule has 7 heteroatoms. The molecule has 1 atom stereocenters. The van der Waals surface area contributed by atoms with Crippen LogP contribution in [0, 0.1) is 5.92 Å². The predicted octanol–water partition coefficient (Wildman–Crippen LogP) is 3.56. The Bertz CT molecular complexity index is 782. The van der Waals surface area contributed by atoms with Crippen LogP contribution in [0.15, 0.2) is 18.2 Å². The minimum absolute atomic E-state index is 0.138. The molecule has 1 aliphatic carbocycles. The second-order valence-electron chi connectivity index (χ2n) is 10.1. The Morgan fingerprint density at radius 1 is 1.00 bits per heavy atom. The van der Waals surface area contributed by atoms with E-state index in [0.29, 0.717) is 19.3 Å². The molecule has 1 aromatic rings. The number of hydrogen-bond acceptors (Lipinski definition) is 6. The quantitative estimate of drug-likeness (QED) is 0.676. The molecule has 1 N–H and O–H groups in total. The number of ether oxygens (including phenoxy) is 3. The number of fused-ring (bicyclic) bond motifs is 1. The van der Waals surface area contributed by atoms with E-state index in [-0.39, 0.29) is 12.0 Å². The van der Waals surface area contributed by atoms with Gasteiger partial charge in [0.15, 0.2) is 11.5 Å². The maximum Gasteiger partial charge on any atom is 0.231 e. The Hall–Kier alpha value is -1.99. The van der Waals surface area contributed by atoms with E-state index >= 15 is 0 Å². The van der Waals surface area contributed by atoms with Gasteiger partial charge < -0.3 is 24.4 Å². The summed E-state index contributed by atoms with van der Waals surface area (Å²) < 4.78 is 16.9. The SMILES string of the molecule is O=C(C[C@@H]1CCCCO1)N[C@H]1CC[C@H](CCN2CCN(c3cccc4c3OCO4)CC2)CC1. The number of carbonyl (C=O) groups is 1. The van der Waals surface area contributed by atoms with Gasteiger partial charge in [0.1, 0.15) is 0 Å². The Balaban J connectivity index is 0.980. The first-order valence-electron chi connectivity index (χ1n) is 13.0. The van der Waals surface area contributed by atoms with Gasteiger partial charge in [-0.2, -0.15) is 0 Å². The number of nitrogens with one attached hydrogen (secondary N) is 1. The van der Waals surface area contributed by atoms with Crippen LogP contribution >= 0.6 is 0 Å². The average Bonchev–Trinajstić information content (AvgIpc) is 3.34. The maximum atomic E-state index is 12.4. The zero-order chi connectivity index (χ0) is 22.5. The Morgan fingerprint density at radius 2 is 1.85 bits per heavy atom. The van der Waals surface area contributed by atoms with Crippen molar-refractivity contribution in [2.75, 3.05) is 51.0 Å². The summed E-state index contributed by atoms with van der Waals surface area (Å²) in [7, 11) is 0. The van der Waals surface area contributed by atoms with Crippen molar-refractivity contribution >= 4 is 11.6 Å². The molecule has 1 saturated carbocycles. The van der Waals surface area contributed by atoms with E-state index in [1.54, 1.807) is 0 Å². The maximum absolute atomic E-state index is 12.4. The highest BCUT2D eigenvalue weighted by atomic mass is 16.7. The summed E-state index contributed by atoms with van der Waals surface area (Å²) in [4.78, 5) is 17.4. The first-order chi connectivity index (χ1) is 16.2. The smallest absolute Gasteiger partial charge is 0.231 e. The van der Waals surface area contributed by atoms with Gasteiger partial charge in [-0.1, -0.05) is 6.07 Å². The van der Waals surface area contributed by atoms with Gasteiger partial charge in [-0.05, 0) is 76.0 Å². The topological polar surface area (TPSA) is 63.3 Å². The summed E-state index contributed by atoms with van der Waals surface area (Å²) >= 11 is 0. The first-order valence-corrected chi connectivity index (χ1v) is 13.0. The lowest BCUT2D eigenvalue weighted by molar-refractivity contribution is -0.125. The summed E-state index contributed by atoms with van der Waals surface area (Å²) in [6.07, 6.45) is 10.0. The van der Waals surface area contributed by atoms with Gasteiger partial charge in [0, 0.05) is 38.8 Å². The molecule has 1 aromatic carbocycles. The van der Waals surface area contributed by atoms with Gasteiger partial charge in [-0.15, -0.1) is 0 Å². The van der Waals surface area contributed by atoms with Gasteiger partial charge in [-0.25, -0.2) is 0 Å². The molecule has 33 heavy (non-hydrogen) atoms. The monoisotopic (exact) mass is 457 g/mol. The van der Waals surface area contributed by atoms with Crippen LogP contribution in [0.1, 0.15) is 57.8 Å². The minimum Gasteiger partial charge on any atom is -0.454 e. The largest absolute Gasteiger partial charge is 0.454 e. The minimum atomic E-state index is 0.138. The third-order valence-electron chi connectivity index (χ3n) is 7.84. The predicted molar refractivity (Wildman–Crippen MR) is 128 cm³/mol. The Kier molecular flexibility index (Phi) is 7.57. The molecule has 1 amide bonds. The second kappa shape index (κ2) is 11.0. The van der Waals surface area contributed by atoms with Gasteiger partial charge in [0.2, 0.25) is 12.7 Å². The molecule has 4 aliphatic rings. The number of rotatable bonds is 7. The number of piperazine rings is 1. The zero-order valence-electron chi connectivity index (χ0n) is 19.8. The summed E-state index contributed by atoms with van der Waals surface area (Å²) in [6, 6.07) is 6.54. The van der Waals surface area contributed by atoms with Gasteiger partial charge in [-0.3, -0.25) is 9.69 Å².